The van der Waals surface area contributed by atoms with E-state index in [0.717, 1.165) is 13.1 Å². The molecule has 6 atom stereocenters. The fourth-order valence-corrected chi connectivity index (χ4v) is 4.32. The van der Waals surface area contributed by atoms with Crippen molar-refractivity contribution in [3.63, 3.8) is 0 Å². The fourth-order valence-electron chi connectivity index (χ4n) is 4.32. The minimum Gasteiger partial charge on any atom is -0.389 e. The Hall–Kier alpha value is -0.360. The van der Waals surface area contributed by atoms with Crippen LogP contribution in [0.25, 0.3) is 0 Å². The van der Waals surface area contributed by atoms with Gasteiger partial charge in [0, 0.05) is 19.6 Å². The molecule has 28 heavy (non-hydrogen) atoms. The zero-order valence-corrected chi connectivity index (χ0v) is 17.3. The Morgan fingerprint density at radius 2 is 1.64 bits per heavy atom. The predicted molar refractivity (Wildman–Crippen MR) is 98.2 cm³/mol. The molecule has 9 heteroatoms. The Labute approximate surface area is 166 Å². The number of hydrazine groups is 1. The molecule has 2 N–H and O–H groups in total. The van der Waals surface area contributed by atoms with Crippen molar-refractivity contribution in [2.24, 2.45) is 0 Å². The van der Waals surface area contributed by atoms with Gasteiger partial charge in [-0.25, -0.2) is 5.01 Å². The van der Waals surface area contributed by atoms with Gasteiger partial charge < -0.3 is 33.5 Å². The maximum absolute atomic E-state index is 10.2. The summed E-state index contributed by atoms with van der Waals surface area (Å²) in [4.78, 5) is 0. The first-order valence-corrected chi connectivity index (χ1v) is 10.3. The average Bonchev–Trinajstić information content (AvgIpc) is 3.29. The van der Waals surface area contributed by atoms with Crippen LogP contribution in [-0.2, 0) is 28.4 Å². The van der Waals surface area contributed by atoms with Crippen molar-refractivity contribution in [1.29, 1.82) is 0 Å². The Bertz CT molecular complexity index is 540. The van der Waals surface area contributed by atoms with Crippen LogP contribution in [0.4, 0.5) is 0 Å². The number of aliphatic hydroxyl groups is 1. The molecular formula is C19H34N2O7. The number of aliphatic hydroxyl groups excluding tert-OH is 1. The van der Waals surface area contributed by atoms with Gasteiger partial charge >= 0.3 is 0 Å². The zero-order valence-electron chi connectivity index (χ0n) is 17.3. The molecule has 0 radical (unpaired) electrons. The number of hydrogen-bond acceptors (Lipinski definition) is 9. The summed E-state index contributed by atoms with van der Waals surface area (Å²) in [5.74, 6) is -1.45. The molecule has 9 nitrogen and oxygen atoms in total. The van der Waals surface area contributed by atoms with Gasteiger partial charge in [0.2, 0.25) is 0 Å². The van der Waals surface area contributed by atoms with Crippen LogP contribution in [0, 0.1) is 0 Å². The lowest BCUT2D eigenvalue weighted by Crippen LogP contribution is -2.56. The molecule has 4 fully saturated rings. The van der Waals surface area contributed by atoms with Gasteiger partial charge in [0.25, 0.3) is 0 Å². The summed E-state index contributed by atoms with van der Waals surface area (Å²) in [6, 6.07) is 0. The van der Waals surface area contributed by atoms with E-state index < -0.39 is 24.0 Å². The van der Waals surface area contributed by atoms with Crippen LogP contribution < -0.4 is 5.43 Å². The van der Waals surface area contributed by atoms with Crippen LogP contribution in [-0.4, -0.2) is 91.3 Å². The molecule has 0 aliphatic carbocycles. The molecule has 0 aromatic carbocycles. The van der Waals surface area contributed by atoms with Gasteiger partial charge in [-0.05, 0) is 40.5 Å². The molecule has 4 rings (SSSR count). The number of hydrogen-bond donors (Lipinski definition) is 2. The van der Waals surface area contributed by atoms with Gasteiger partial charge in [-0.1, -0.05) is 0 Å². The highest BCUT2D eigenvalue weighted by atomic mass is 16.9. The van der Waals surface area contributed by atoms with E-state index in [1.807, 2.05) is 27.7 Å². The average molecular weight is 402 g/mol. The molecule has 0 amide bonds. The van der Waals surface area contributed by atoms with E-state index in [1.165, 1.54) is 12.8 Å². The van der Waals surface area contributed by atoms with Gasteiger partial charge in [-0.15, -0.1) is 0 Å². The molecule has 0 aromatic rings. The Balaban J connectivity index is 1.28. The smallest absolute Gasteiger partial charge is 0.190 e. The maximum Gasteiger partial charge on any atom is 0.190 e. The van der Waals surface area contributed by atoms with Crippen LogP contribution in [0.5, 0.6) is 0 Å². The summed E-state index contributed by atoms with van der Waals surface area (Å²) in [6.45, 7) is 10.5. The van der Waals surface area contributed by atoms with Crippen LogP contribution >= 0.6 is 0 Å². The standard InChI is InChI=1S/C19H34N2O7/c1-18(2)25-14-13(11-23-10-12(22)9-20-21-7-5-6-8-21)24-17-16(15(14)26-18)27-19(3,4)28-17/h12-17,20,22H,5-11H2,1-4H3/t12?,13?,14-,15-,16+,17+/m0/s1. The third-order valence-electron chi connectivity index (χ3n) is 5.50. The Kier molecular flexibility index (Phi) is 6.01. The molecule has 2 unspecified atom stereocenters. The van der Waals surface area contributed by atoms with Crippen LogP contribution in [0.3, 0.4) is 0 Å². The highest BCUT2D eigenvalue weighted by Crippen LogP contribution is 2.44. The van der Waals surface area contributed by atoms with E-state index in [2.05, 4.69) is 10.4 Å². The third-order valence-corrected chi connectivity index (χ3v) is 5.50. The van der Waals surface area contributed by atoms with E-state index in [1.54, 1.807) is 0 Å². The molecular weight excluding hydrogens is 368 g/mol. The van der Waals surface area contributed by atoms with Crippen molar-refractivity contribution in [2.75, 3.05) is 32.8 Å². The van der Waals surface area contributed by atoms with Crippen molar-refractivity contribution >= 4 is 0 Å². The summed E-state index contributed by atoms with van der Waals surface area (Å²) >= 11 is 0. The number of ether oxygens (including phenoxy) is 6. The fraction of sp³-hybridized carbons (Fsp3) is 1.00. The highest BCUT2D eigenvalue weighted by Gasteiger charge is 2.60. The van der Waals surface area contributed by atoms with E-state index in [9.17, 15) is 5.11 Å². The van der Waals surface area contributed by atoms with Gasteiger partial charge in [-0.3, -0.25) is 5.43 Å². The second kappa shape index (κ2) is 8.05. The predicted octanol–water partition coefficient (Wildman–Crippen LogP) is 0.361. The van der Waals surface area contributed by atoms with Crippen molar-refractivity contribution in [3.8, 4) is 0 Å². The van der Waals surface area contributed by atoms with E-state index in [0.29, 0.717) is 6.54 Å². The van der Waals surface area contributed by atoms with Crippen molar-refractivity contribution in [2.45, 2.75) is 88.9 Å². The molecule has 0 bridgehead atoms. The van der Waals surface area contributed by atoms with E-state index in [4.69, 9.17) is 28.4 Å². The highest BCUT2D eigenvalue weighted by molar-refractivity contribution is 5.00. The largest absolute Gasteiger partial charge is 0.389 e. The SMILES string of the molecule is CC1(C)O[C@H]2OC(COCC(O)CNN3CCCC3)[C@@H]3OC(C)(C)O[C@@H]3[C@H]2O1. The third kappa shape index (κ3) is 4.69. The molecule has 162 valence electrons. The van der Waals surface area contributed by atoms with E-state index in [-0.39, 0.29) is 37.6 Å². The molecule has 0 aromatic heterocycles. The second-order valence-electron chi connectivity index (χ2n) is 8.96. The first kappa shape index (κ1) is 20.9. The summed E-state index contributed by atoms with van der Waals surface area (Å²) in [5.41, 5.74) is 3.25. The summed E-state index contributed by atoms with van der Waals surface area (Å²) in [6.07, 6.45) is -0.00892. The van der Waals surface area contributed by atoms with Crippen LogP contribution in [0.2, 0.25) is 0 Å². The van der Waals surface area contributed by atoms with Crippen molar-refractivity contribution in [1.82, 2.24) is 10.4 Å². The number of rotatable bonds is 7. The number of nitrogens with zero attached hydrogens (tertiary/aromatic N) is 1. The number of fused-ring (bicyclic) bond motifs is 3. The van der Waals surface area contributed by atoms with Gasteiger partial charge in [0.1, 0.15) is 24.4 Å². The Morgan fingerprint density at radius 3 is 2.39 bits per heavy atom. The topological polar surface area (TPSA) is 90.9 Å². The monoisotopic (exact) mass is 402 g/mol. The summed E-state index contributed by atoms with van der Waals surface area (Å²) in [5, 5.41) is 12.3. The lowest BCUT2D eigenvalue weighted by molar-refractivity contribution is -0.243. The molecule has 0 spiro atoms. The normalized spacial score (nSPS) is 40.4. The zero-order chi connectivity index (χ0) is 19.9. The minimum atomic E-state index is -0.733. The van der Waals surface area contributed by atoms with Gasteiger partial charge in [0.05, 0.1) is 19.3 Å². The van der Waals surface area contributed by atoms with Crippen molar-refractivity contribution < 1.29 is 33.5 Å². The van der Waals surface area contributed by atoms with E-state index >= 15 is 0 Å². The first-order chi connectivity index (χ1) is 13.2. The summed E-state index contributed by atoms with van der Waals surface area (Å²) in [7, 11) is 0. The lowest BCUT2D eigenvalue weighted by atomic mass is 9.99. The van der Waals surface area contributed by atoms with Crippen molar-refractivity contribution in [3.05, 3.63) is 0 Å². The minimum absolute atomic E-state index is 0.222. The van der Waals surface area contributed by atoms with Gasteiger partial charge in [0.15, 0.2) is 17.9 Å². The number of nitrogens with one attached hydrogen (secondary N) is 1. The molecule has 4 saturated heterocycles. The first-order valence-electron chi connectivity index (χ1n) is 10.3. The van der Waals surface area contributed by atoms with Crippen LogP contribution in [0.15, 0.2) is 0 Å². The lowest BCUT2D eigenvalue weighted by Gasteiger charge is -2.37. The Morgan fingerprint density at radius 1 is 1.00 bits per heavy atom. The molecule has 4 aliphatic heterocycles. The quantitative estimate of drug-likeness (QED) is 0.626. The van der Waals surface area contributed by atoms with Gasteiger partial charge in [-0.2, -0.15) is 0 Å². The molecule has 0 saturated carbocycles. The molecule has 4 heterocycles. The molecule has 4 aliphatic rings. The summed E-state index contributed by atoms with van der Waals surface area (Å²) < 4.78 is 35.9. The van der Waals surface area contributed by atoms with Crippen LogP contribution in [0.1, 0.15) is 40.5 Å². The maximum atomic E-state index is 10.2. The second-order valence-corrected chi connectivity index (χ2v) is 8.96.